The van der Waals surface area contributed by atoms with Gasteiger partial charge in [0.15, 0.2) is 0 Å². The van der Waals surface area contributed by atoms with Gasteiger partial charge in [0.2, 0.25) is 0 Å². The van der Waals surface area contributed by atoms with Crippen LogP contribution in [0.25, 0.3) is 0 Å². The Morgan fingerprint density at radius 1 is 1.19 bits per heavy atom. The van der Waals surface area contributed by atoms with Crippen molar-refractivity contribution in [2.24, 2.45) is 0 Å². The Morgan fingerprint density at radius 3 is 2.67 bits per heavy atom. The molecule has 0 aliphatic rings. The lowest BCUT2D eigenvalue weighted by Crippen LogP contribution is -2.31. The van der Waals surface area contributed by atoms with Crippen molar-refractivity contribution in [3.63, 3.8) is 0 Å². The van der Waals surface area contributed by atoms with E-state index < -0.39 is 0 Å². The molecule has 2 heterocycles. The number of amides is 2. The van der Waals surface area contributed by atoms with Crippen molar-refractivity contribution in [1.29, 1.82) is 0 Å². The van der Waals surface area contributed by atoms with Crippen LogP contribution in [0.3, 0.4) is 0 Å². The van der Waals surface area contributed by atoms with Crippen molar-refractivity contribution >= 4 is 11.8 Å². The molecule has 2 amide bonds. The fraction of sp³-hybridized carbons (Fsp3) is 0.368. The van der Waals surface area contributed by atoms with E-state index >= 15 is 0 Å². The number of nitrogens with zero attached hydrogens (tertiary/aromatic N) is 5. The fourth-order valence-electron chi connectivity index (χ4n) is 2.96. The molecule has 0 aliphatic carbocycles. The molecule has 0 bridgehead atoms. The highest BCUT2D eigenvalue weighted by Gasteiger charge is 2.13. The summed E-state index contributed by atoms with van der Waals surface area (Å²) in [6.45, 7) is 7.11. The smallest absolute Gasteiger partial charge is 0.320 e. The number of carbonyl (C=O) groups is 1. The number of urea groups is 1. The third kappa shape index (κ3) is 4.72. The molecule has 0 saturated heterocycles. The molecule has 2 aromatic heterocycles. The summed E-state index contributed by atoms with van der Waals surface area (Å²) < 4.78 is 3.65. The van der Waals surface area contributed by atoms with Gasteiger partial charge in [-0.25, -0.2) is 14.5 Å². The van der Waals surface area contributed by atoms with Gasteiger partial charge in [-0.3, -0.25) is 10.00 Å². The first-order valence-corrected chi connectivity index (χ1v) is 9.06. The number of carbonyl (C=O) groups excluding carboxylic acids is 1. The molecule has 0 fully saturated rings. The summed E-state index contributed by atoms with van der Waals surface area (Å²) in [4.78, 5) is 16.5. The molecule has 27 heavy (non-hydrogen) atoms. The number of aromatic nitrogens is 5. The van der Waals surface area contributed by atoms with Gasteiger partial charge < -0.3 is 5.32 Å². The van der Waals surface area contributed by atoms with Crippen LogP contribution in [0.1, 0.15) is 36.6 Å². The van der Waals surface area contributed by atoms with Crippen LogP contribution < -0.4 is 10.6 Å². The summed E-state index contributed by atoms with van der Waals surface area (Å²) >= 11 is 0. The van der Waals surface area contributed by atoms with Gasteiger partial charge >= 0.3 is 6.03 Å². The molecule has 0 radical (unpaired) electrons. The second-order valence-electron chi connectivity index (χ2n) is 6.41. The lowest BCUT2D eigenvalue weighted by Gasteiger charge is -2.16. The Balaban J connectivity index is 1.50. The maximum atomic E-state index is 12.2. The molecule has 0 aliphatic heterocycles. The average molecular weight is 367 g/mol. The normalized spacial score (nSPS) is 12.0. The number of aryl methyl sites for hydroxylation is 3. The molecule has 0 spiro atoms. The first-order valence-electron chi connectivity index (χ1n) is 9.06. The number of benzene rings is 1. The number of anilines is 1. The van der Waals surface area contributed by atoms with E-state index in [1.807, 2.05) is 55.8 Å². The monoisotopic (exact) mass is 367 g/mol. The average Bonchev–Trinajstić information content (AvgIpc) is 3.24. The number of hydrogen-bond acceptors (Lipinski definition) is 4. The van der Waals surface area contributed by atoms with E-state index in [2.05, 4.69) is 25.8 Å². The second kappa shape index (κ2) is 8.48. The molecule has 3 aromatic rings. The molecule has 1 aromatic carbocycles. The van der Waals surface area contributed by atoms with Crippen LogP contribution in [-0.4, -0.2) is 37.1 Å². The third-order valence-corrected chi connectivity index (χ3v) is 4.36. The highest BCUT2D eigenvalue weighted by atomic mass is 16.2. The van der Waals surface area contributed by atoms with E-state index in [1.54, 1.807) is 16.9 Å². The topological polar surface area (TPSA) is 89.7 Å². The van der Waals surface area contributed by atoms with Gasteiger partial charge in [-0.2, -0.15) is 10.2 Å². The predicted octanol–water partition coefficient (Wildman–Crippen LogP) is 2.91. The Hall–Kier alpha value is -3.16. The summed E-state index contributed by atoms with van der Waals surface area (Å²) in [5.41, 5.74) is 1.13. The molecule has 1 atom stereocenters. The van der Waals surface area contributed by atoms with Crippen molar-refractivity contribution in [3.05, 3.63) is 59.8 Å². The Kier molecular flexibility index (Phi) is 5.85. The van der Waals surface area contributed by atoms with Crippen molar-refractivity contribution in [2.45, 2.75) is 39.8 Å². The zero-order valence-electron chi connectivity index (χ0n) is 15.9. The lowest BCUT2D eigenvalue weighted by atomic mass is 10.1. The van der Waals surface area contributed by atoms with E-state index in [9.17, 15) is 4.79 Å². The largest absolute Gasteiger partial charge is 0.338 e. The molecule has 1 unspecified atom stereocenters. The number of nitrogens with one attached hydrogen (secondary N) is 2. The van der Waals surface area contributed by atoms with Gasteiger partial charge in [-0.1, -0.05) is 30.3 Å². The van der Waals surface area contributed by atoms with Crippen LogP contribution in [-0.2, 0) is 6.54 Å². The first-order chi connectivity index (χ1) is 13.0. The van der Waals surface area contributed by atoms with Crippen LogP contribution in [0, 0.1) is 13.8 Å². The van der Waals surface area contributed by atoms with Crippen LogP contribution in [0.15, 0.2) is 42.6 Å². The van der Waals surface area contributed by atoms with Crippen LogP contribution in [0.4, 0.5) is 10.6 Å². The summed E-state index contributed by atoms with van der Waals surface area (Å²) in [6.07, 6.45) is 2.46. The highest BCUT2D eigenvalue weighted by molar-refractivity contribution is 5.88. The molecular formula is C19H25N7O. The number of rotatable bonds is 7. The van der Waals surface area contributed by atoms with Gasteiger partial charge in [0, 0.05) is 19.2 Å². The minimum absolute atomic E-state index is 0.0232. The van der Waals surface area contributed by atoms with Gasteiger partial charge in [-0.15, -0.1) is 0 Å². The Bertz CT molecular complexity index is 885. The summed E-state index contributed by atoms with van der Waals surface area (Å²) in [7, 11) is 0. The standard InChI is InChI=1S/C19H25N7O/c1-14(17-8-5-4-6-9-17)26-18(10-12-21-26)23-19(27)20-11-7-13-25-16(3)22-15(2)24-25/h4-6,8-10,12,14H,7,11,13H2,1-3H3,(H2,20,23,27). The second-order valence-corrected chi connectivity index (χ2v) is 6.41. The Labute approximate surface area is 158 Å². The van der Waals surface area contributed by atoms with Gasteiger partial charge in [-0.05, 0) is 32.8 Å². The van der Waals surface area contributed by atoms with E-state index in [-0.39, 0.29) is 12.1 Å². The predicted molar refractivity (Wildman–Crippen MR) is 104 cm³/mol. The van der Waals surface area contributed by atoms with Crippen molar-refractivity contribution in [3.8, 4) is 0 Å². The van der Waals surface area contributed by atoms with Crippen molar-refractivity contribution < 1.29 is 4.79 Å². The molecule has 0 saturated carbocycles. The molecule has 2 N–H and O–H groups in total. The van der Waals surface area contributed by atoms with Gasteiger partial charge in [0.1, 0.15) is 17.5 Å². The van der Waals surface area contributed by atoms with Crippen LogP contribution in [0.2, 0.25) is 0 Å². The SMILES string of the molecule is Cc1nc(C)n(CCCNC(=O)Nc2ccnn2C(C)c2ccccc2)n1. The zero-order chi connectivity index (χ0) is 19.2. The Morgan fingerprint density at radius 2 is 1.96 bits per heavy atom. The van der Waals surface area contributed by atoms with Gasteiger partial charge in [0.25, 0.3) is 0 Å². The molecule has 8 nitrogen and oxygen atoms in total. The van der Waals surface area contributed by atoms with E-state index in [4.69, 9.17) is 0 Å². The summed E-state index contributed by atoms with van der Waals surface area (Å²) in [5.74, 6) is 2.31. The molecule has 8 heteroatoms. The van der Waals surface area contributed by atoms with Crippen LogP contribution >= 0.6 is 0 Å². The number of hydrogen-bond donors (Lipinski definition) is 2. The minimum Gasteiger partial charge on any atom is -0.338 e. The quantitative estimate of drug-likeness (QED) is 0.628. The maximum Gasteiger partial charge on any atom is 0.320 e. The fourth-order valence-corrected chi connectivity index (χ4v) is 2.96. The third-order valence-electron chi connectivity index (χ3n) is 4.36. The van der Waals surface area contributed by atoms with Crippen molar-refractivity contribution in [1.82, 2.24) is 29.9 Å². The van der Waals surface area contributed by atoms with E-state index in [0.29, 0.717) is 12.4 Å². The lowest BCUT2D eigenvalue weighted by molar-refractivity contribution is 0.251. The molecule has 3 rings (SSSR count). The zero-order valence-corrected chi connectivity index (χ0v) is 15.9. The van der Waals surface area contributed by atoms with Crippen LogP contribution in [0.5, 0.6) is 0 Å². The van der Waals surface area contributed by atoms with Gasteiger partial charge in [0.05, 0.1) is 12.2 Å². The van der Waals surface area contributed by atoms with E-state index in [0.717, 1.165) is 30.2 Å². The molecular weight excluding hydrogens is 342 g/mol. The summed E-state index contributed by atoms with van der Waals surface area (Å²) in [5, 5.41) is 14.4. The maximum absolute atomic E-state index is 12.2. The minimum atomic E-state index is -0.247. The van der Waals surface area contributed by atoms with E-state index in [1.165, 1.54) is 0 Å². The van der Waals surface area contributed by atoms with Crippen molar-refractivity contribution in [2.75, 3.05) is 11.9 Å². The highest BCUT2D eigenvalue weighted by Crippen LogP contribution is 2.21. The molecule has 142 valence electrons. The first kappa shape index (κ1) is 18.6. The summed E-state index contributed by atoms with van der Waals surface area (Å²) in [6, 6.07) is 11.6.